The number of aromatic nitrogens is 3. The molecule has 100 valence electrons. The third kappa shape index (κ3) is 2.46. The van der Waals surface area contributed by atoms with E-state index < -0.39 is 0 Å². The first-order chi connectivity index (χ1) is 9.76. The normalized spacial score (nSPS) is 10.7. The monoisotopic (exact) mass is 265 g/mol. The number of hydrogen-bond acceptors (Lipinski definition) is 3. The number of hydrogen-bond donors (Lipinski definition) is 1. The van der Waals surface area contributed by atoms with Crippen LogP contribution in [0.2, 0.25) is 0 Å². The molecule has 0 amide bonds. The summed E-state index contributed by atoms with van der Waals surface area (Å²) in [7, 11) is 0. The molecule has 0 radical (unpaired) electrons. The molecular weight excluding hydrogens is 250 g/mol. The van der Waals surface area contributed by atoms with E-state index in [-0.39, 0.29) is 6.61 Å². The molecule has 2 aromatic heterocycles. The second-order valence-corrected chi connectivity index (χ2v) is 4.66. The van der Waals surface area contributed by atoms with E-state index in [1.54, 1.807) is 6.20 Å². The summed E-state index contributed by atoms with van der Waals surface area (Å²) < 4.78 is 1.84. The molecule has 0 aliphatic carbocycles. The van der Waals surface area contributed by atoms with Crippen LogP contribution < -0.4 is 0 Å². The van der Waals surface area contributed by atoms with Gasteiger partial charge in [0, 0.05) is 23.7 Å². The van der Waals surface area contributed by atoms with Gasteiger partial charge >= 0.3 is 0 Å². The van der Waals surface area contributed by atoms with Gasteiger partial charge in [-0.25, -0.2) is 4.68 Å². The molecule has 0 bridgehead atoms. The lowest BCUT2D eigenvalue weighted by Gasteiger charge is -2.02. The van der Waals surface area contributed by atoms with Gasteiger partial charge in [0.15, 0.2) is 0 Å². The van der Waals surface area contributed by atoms with Crippen molar-refractivity contribution in [2.75, 3.05) is 0 Å². The molecule has 1 N–H and O–H groups in total. The van der Waals surface area contributed by atoms with Gasteiger partial charge < -0.3 is 5.11 Å². The Morgan fingerprint density at radius 3 is 2.60 bits per heavy atom. The van der Waals surface area contributed by atoms with Gasteiger partial charge in [0.2, 0.25) is 0 Å². The van der Waals surface area contributed by atoms with Gasteiger partial charge in [-0.2, -0.15) is 5.10 Å². The van der Waals surface area contributed by atoms with Gasteiger partial charge in [0.05, 0.1) is 18.0 Å². The van der Waals surface area contributed by atoms with Crippen molar-refractivity contribution >= 4 is 0 Å². The predicted molar refractivity (Wildman–Crippen MR) is 77.5 cm³/mol. The first-order valence-electron chi connectivity index (χ1n) is 6.45. The van der Waals surface area contributed by atoms with Crippen LogP contribution in [-0.2, 0) is 6.61 Å². The van der Waals surface area contributed by atoms with E-state index in [4.69, 9.17) is 5.11 Å². The second-order valence-electron chi connectivity index (χ2n) is 4.66. The zero-order valence-electron chi connectivity index (χ0n) is 11.2. The Morgan fingerprint density at radius 1 is 1.10 bits per heavy atom. The molecule has 1 aromatic carbocycles. The number of aryl methyl sites for hydroxylation is 1. The highest BCUT2D eigenvalue weighted by molar-refractivity contribution is 5.59. The van der Waals surface area contributed by atoms with Gasteiger partial charge in [-0.1, -0.05) is 24.3 Å². The molecule has 4 nitrogen and oxygen atoms in total. The number of aliphatic hydroxyl groups excluding tert-OH is 1. The van der Waals surface area contributed by atoms with E-state index in [1.165, 1.54) is 0 Å². The largest absolute Gasteiger partial charge is 0.392 e. The van der Waals surface area contributed by atoms with Crippen molar-refractivity contribution in [3.8, 4) is 16.9 Å². The minimum atomic E-state index is 0.0605. The van der Waals surface area contributed by atoms with E-state index in [0.717, 1.165) is 28.2 Å². The molecule has 0 atom stereocenters. The van der Waals surface area contributed by atoms with Crippen LogP contribution in [0.3, 0.4) is 0 Å². The SMILES string of the molecule is Cc1cc(-n2ccc(-c3ccc(CO)cc3)n2)ccn1. The van der Waals surface area contributed by atoms with Gasteiger partial charge in [0.1, 0.15) is 0 Å². The Morgan fingerprint density at radius 2 is 1.90 bits per heavy atom. The minimum Gasteiger partial charge on any atom is -0.392 e. The maximum atomic E-state index is 9.05. The zero-order chi connectivity index (χ0) is 13.9. The smallest absolute Gasteiger partial charge is 0.0927 e. The quantitative estimate of drug-likeness (QED) is 0.792. The first kappa shape index (κ1) is 12.6. The fourth-order valence-electron chi connectivity index (χ4n) is 2.08. The predicted octanol–water partition coefficient (Wildman–Crippen LogP) is 2.74. The summed E-state index contributed by atoms with van der Waals surface area (Å²) in [6.45, 7) is 2.02. The third-order valence-corrected chi connectivity index (χ3v) is 3.17. The van der Waals surface area contributed by atoms with Gasteiger partial charge in [0.25, 0.3) is 0 Å². The molecule has 0 fully saturated rings. The maximum Gasteiger partial charge on any atom is 0.0927 e. The maximum absolute atomic E-state index is 9.05. The summed E-state index contributed by atoms with van der Waals surface area (Å²) in [5, 5.41) is 13.6. The van der Waals surface area contributed by atoms with Crippen LogP contribution in [-0.4, -0.2) is 19.9 Å². The van der Waals surface area contributed by atoms with Crippen LogP contribution in [0.1, 0.15) is 11.3 Å². The molecule has 3 rings (SSSR count). The van der Waals surface area contributed by atoms with E-state index in [2.05, 4.69) is 10.1 Å². The minimum absolute atomic E-state index is 0.0605. The summed E-state index contributed by atoms with van der Waals surface area (Å²) in [5.41, 5.74) is 4.80. The van der Waals surface area contributed by atoms with Crippen LogP contribution in [0.15, 0.2) is 54.9 Å². The second kappa shape index (κ2) is 5.27. The van der Waals surface area contributed by atoms with E-state index in [1.807, 2.05) is 60.3 Å². The van der Waals surface area contributed by atoms with E-state index in [9.17, 15) is 0 Å². The van der Waals surface area contributed by atoms with Crippen LogP contribution >= 0.6 is 0 Å². The molecule has 3 aromatic rings. The van der Waals surface area contributed by atoms with Crippen LogP contribution in [0, 0.1) is 6.92 Å². The number of rotatable bonds is 3. The van der Waals surface area contributed by atoms with Gasteiger partial charge in [-0.05, 0) is 30.7 Å². The van der Waals surface area contributed by atoms with E-state index >= 15 is 0 Å². The fourth-order valence-corrected chi connectivity index (χ4v) is 2.08. The number of aliphatic hydroxyl groups is 1. The van der Waals surface area contributed by atoms with Crippen LogP contribution in [0.4, 0.5) is 0 Å². The molecule has 0 saturated carbocycles. The van der Waals surface area contributed by atoms with Crippen molar-refractivity contribution in [2.45, 2.75) is 13.5 Å². The van der Waals surface area contributed by atoms with Crippen molar-refractivity contribution < 1.29 is 5.11 Å². The lowest BCUT2D eigenvalue weighted by Crippen LogP contribution is -1.96. The van der Waals surface area contributed by atoms with Crippen molar-refractivity contribution in [2.24, 2.45) is 0 Å². The zero-order valence-corrected chi connectivity index (χ0v) is 11.2. The van der Waals surface area contributed by atoms with Crippen molar-refractivity contribution in [3.63, 3.8) is 0 Å². The molecule has 0 aliphatic rings. The molecule has 0 spiro atoms. The molecule has 0 aliphatic heterocycles. The standard InChI is InChI=1S/C16H15N3O/c1-12-10-15(6-8-17-12)19-9-7-16(18-19)14-4-2-13(11-20)3-5-14/h2-10,20H,11H2,1H3. The van der Waals surface area contributed by atoms with Crippen molar-refractivity contribution in [1.29, 1.82) is 0 Å². The molecular formula is C16H15N3O. The average molecular weight is 265 g/mol. The average Bonchev–Trinajstić information content (AvgIpc) is 2.97. The number of nitrogens with zero attached hydrogens (tertiary/aromatic N) is 3. The Kier molecular flexibility index (Phi) is 3.31. The lowest BCUT2D eigenvalue weighted by molar-refractivity contribution is 0.282. The molecule has 2 heterocycles. The molecule has 0 saturated heterocycles. The lowest BCUT2D eigenvalue weighted by atomic mass is 10.1. The number of benzene rings is 1. The van der Waals surface area contributed by atoms with Crippen molar-refractivity contribution in [1.82, 2.24) is 14.8 Å². The Bertz CT molecular complexity index is 717. The summed E-state index contributed by atoms with van der Waals surface area (Å²) in [6, 6.07) is 13.6. The fraction of sp³-hybridized carbons (Fsp3) is 0.125. The van der Waals surface area contributed by atoms with Gasteiger partial charge in [-0.15, -0.1) is 0 Å². The Hall–Kier alpha value is -2.46. The van der Waals surface area contributed by atoms with Crippen molar-refractivity contribution in [3.05, 3.63) is 66.1 Å². The summed E-state index contributed by atoms with van der Waals surface area (Å²) in [5.74, 6) is 0. The highest BCUT2D eigenvalue weighted by atomic mass is 16.3. The van der Waals surface area contributed by atoms with E-state index in [0.29, 0.717) is 0 Å². The molecule has 0 unspecified atom stereocenters. The third-order valence-electron chi connectivity index (χ3n) is 3.17. The topological polar surface area (TPSA) is 50.9 Å². The van der Waals surface area contributed by atoms with Crippen LogP contribution in [0.25, 0.3) is 16.9 Å². The first-order valence-corrected chi connectivity index (χ1v) is 6.45. The molecule has 4 heteroatoms. The molecule has 20 heavy (non-hydrogen) atoms. The Balaban J connectivity index is 1.93. The Labute approximate surface area is 117 Å². The van der Waals surface area contributed by atoms with Crippen LogP contribution in [0.5, 0.6) is 0 Å². The summed E-state index contributed by atoms with van der Waals surface area (Å²) in [4.78, 5) is 4.18. The highest BCUT2D eigenvalue weighted by Crippen LogP contribution is 2.19. The highest BCUT2D eigenvalue weighted by Gasteiger charge is 2.04. The number of pyridine rings is 1. The summed E-state index contributed by atoms with van der Waals surface area (Å²) >= 11 is 0. The van der Waals surface area contributed by atoms with Gasteiger partial charge in [-0.3, -0.25) is 4.98 Å². The summed E-state index contributed by atoms with van der Waals surface area (Å²) in [6.07, 6.45) is 3.71.